The molecule has 2 amide bonds. The first-order valence-corrected chi connectivity index (χ1v) is 7.23. The number of rotatable bonds is 4. The topological polar surface area (TPSA) is 74.7 Å². The summed E-state index contributed by atoms with van der Waals surface area (Å²) in [5, 5.41) is 9.13. The summed E-state index contributed by atoms with van der Waals surface area (Å²) >= 11 is 0. The van der Waals surface area contributed by atoms with E-state index in [-0.39, 0.29) is 30.1 Å². The predicted molar refractivity (Wildman–Crippen MR) is 74.1 cm³/mol. The fourth-order valence-corrected chi connectivity index (χ4v) is 3.52. The molecule has 1 aromatic carbocycles. The molecule has 1 saturated heterocycles. The summed E-state index contributed by atoms with van der Waals surface area (Å²) in [5.74, 6) is -1.88. The van der Waals surface area contributed by atoms with Gasteiger partial charge in [0.2, 0.25) is 11.8 Å². The van der Waals surface area contributed by atoms with Crippen LogP contribution in [0.15, 0.2) is 30.3 Å². The average molecular weight is 287 g/mol. The minimum Gasteiger partial charge on any atom is -0.481 e. The summed E-state index contributed by atoms with van der Waals surface area (Å²) < 4.78 is 0. The number of hydrogen-bond donors (Lipinski definition) is 1. The van der Waals surface area contributed by atoms with Crippen LogP contribution < -0.4 is 0 Å². The molecule has 1 saturated carbocycles. The van der Waals surface area contributed by atoms with Crippen molar-refractivity contribution in [2.75, 3.05) is 0 Å². The smallest absolute Gasteiger partial charge is 0.305 e. The number of likely N-dealkylation sites (tertiary alicyclic amines) is 1. The molecule has 1 aliphatic carbocycles. The Labute approximate surface area is 122 Å². The van der Waals surface area contributed by atoms with Crippen molar-refractivity contribution in [1.29, 1.82) is 0 Å². The highest BCUT2D eigenvalue weighted by Crippen LogP contribution is 2.43. The first-order chi connectivity index (χ1) is 10.1. The number of hydrogen-bond acceptors (Lipinski definition) is 3. The Hall–Kier alpha value is -2.17. The van der Waals surface area contributed by atoms with E-state index in [1.165, 1.54) is 4.90 Å². The molecule has 21 heavy (non-hydrogen) atoms. The zero-order valence-corrected chi connectivity index (χ0v) is 11.6. The lowest BCUT2D eigenvalue weighted by atomic mass is 10.00. The van der Waals surface area contributed by atoms with Gasteiger partial charge in [0.15, 0.2) is 0 Å². The first kappa shape index (κ1) is 13.8. The number of amides is 2. The summed E-state index contributed by atoms with van der Waals surface area (Å²) in [6.45, 7) is 0. The average Bonchev–Trinajstić information content (AvgIpc) is 3.03. The van der Waals surface area contributed by atoms with E-state index >= 15 is 0 Å². The first-order valence-electron chi connectivity index (χ1n) is 7.23. The van der Waals surface area contributed by atoms with Gasteiger partial charge in [-0.05, 0) is 18.4 Å². The lowest BCUT2D eigenvalue weighted by Gasteiger charge is -2.26. The molecule has 3 atom stereocenters. The SMILES string of the molecule is O=C(O)CC(c1ccccc1)N1C(=O)C2CCCC2C1=O. The Bertz CT molecular complexity index is 561. The Morgan fingerprint density at radius 1 is 1.14 bits per heavy atom. The third kappa shape index (κ3) is 2.33. The number of benzene rings is 1. The number of aliphatic carboxylic acids is 1. The van der Waals surface area contributed by atoms with E-state index < -0.39 is 12.0 Å². The maximum absolute atomic E-state index is 12.5. The molecule has 2 fully saturated rings. The van der Waals surface area contributed by atoms with Crippen LogP contribution in [0.4, 0.5) is 0 Å². The third-order valence-electron chi connectivity index (χ3n) is 4.49. The molecule has 0 aromatic heterocycles. The van der Waals surface area contributed by atoms with E-state index in [0.29, 0.717) is 5.56 Å². The Morgan fingerprint density at radius 2 is 1.71 bits per heavy atom. The van der Waals surface area contributed by atoms with Crippen molar-refractivity contribution in [2.45, 2.75) is 31.7 Å². The van der Waals surface area contributed by atoms with Gasteiger partial charge in [-0.25, -0.2) is 0 Å². The second kappa shape index (κ2) is 5.31. The molecule has 0 bridgehead atoms. The van der Waals surface area contributed by atoms with E-state index in [4.69, 9.17) is 5.11 Å². The van der Waals surface area contributed by atoms with Crippen LogP contribution in [0.2, 0.25) is 0 Å². The van der Waals surface area contributed by atoms with Gasteiger partial charge in [-0.3, -0.25) is 19.3 Å². The maximum Gasteiger partial charge on any atom is 0.305 e. The van der Waals surface area contributed by atoms with Gasteiger partial charge in [-0.2, -0.15) is 0 Å². The van der Waals surface area contributed by atoms with E-state index in [9.17, 15) is 14.4 Å². The van der Waals surface area contributed by atoms with Crippen LogP contribution in [0.25, 0.3) is 0 Å². The normalized spacial score (nSPS) is 26.0. The Kier molecular flexibility index (Phi) is 3.49. The summed E-state index contributed by atoms with van der Waals surface area (Å²) in [6, 6.07) is 8.23. The standard InChI is InChI=1S/C16H17NO4/c18-14(19)9-13(10-5-2-1-3-6-10)17-15(20)11-7-4-8-12(11)16(17)21/h1-3,5-6,11-13H,4,7-9H2,(H,18,19). The molecule has 1 N–H and O–H groups in total. The summed E-state index contributed by atoms with van der Waals surface area (Å²) in [6.07, 6.45) is 2.12. The molecule has 0 radical (unpaired) electrons. The Balaban J connectivity index is 1.95. The molecule has 1 aliphatic heterocycles. The summed E-state index contributed by atoms with van der Waals surface area (Å²) in [5.41, 5.74) is 0.696. The van der Waals surface area contributed by atoms with Crippen LogP contribution >= 0.6 is 0 Å². The number of carbonyl (C=O) groups excluding carboxylic acids is 2. The zero-order chi connectivity index (χ0) is 15.0. The van der Waals surface area contributed by atoms with Gasteiger partial charge >= 0.3 is 5.97 Å². The van der Waals surface area contributed by atoms with Gasteiger partial charge in [0.25, 0.3) is 0 Å². The maximum atomic E-state index is 12.5. The molecular formula is C16H17NO4. The molecule has 0 spiro atoms. The number of fused-ring (bicyclic) bond motifs is 1. The predicted octanol–water partition coefficient (Wildman–Crippen LogP) is 1.99. The van der Waals surface area contributed by atoms with Gasteiger partial charge < -0.3 is 5.11 Å². The second-order valence-corrected chi connectivity index (χ2v) is 5.71. The van der Waals surface area contributed by atoms with Gasteiger partial charge in [-0.15, -0.1) is 0 Å². The monoisotopic (exact) mass is 287 g/mol. The highest BCUT2D eigenvalue weighted by Gasteiger charge is 2.52. The van der Waals surface area contributed by atoms with Crippen molar-refractivity contribution in [2.24, 2.45) is 11.8 Å². The van der Waals surface area contributed by atoms with Gasteiger partial charge in [0.1, 0.15) is 0 Å². The summed E-state index contributed by atoms with van der Waals surface area (Å²) in [7, 11) is 0. The van der Waals surface area contributed by atoms with Crippen LogP contribution in [0.1, 0.15) is 37.3 Å². The zero-order valence-electron chi connectivity index (χ0n) is 11.6. The number of carboxylic acid groups (broad SMARTS) is 1. The van der Waals surface area contributed by atoms with Crippen molar-refractivity contribution in [3.8, 4) is 0 Å². The largest absolute Gasteiger partial charge is 0.481 e. The molecular weight excluding hydrogens is 270 g/mol. The molecule has 5 heteroatoms. The van der Waals surface area contributed by atoms with Crippen molar-refractivity contribution < 1.29 is 19.5 Å². The third-order valence-corrected chi connectivity index (χ3v) is 4.49. The lowest BCUT2D eigenvalue weighted by molar-refractivity contribution is -0.146. The fourth-order valence-electron chi connectivity index (χ4n) is 3.52. The van der Waals surface area contributed by atoms with E-state index in [0.717, 1.165) is 19.3 Å². The van der Waals surface area contributed by atoms with E-state index in [1.807, 2.05) is 6.07 Å². The van der Waals surface area contributed by atoms with Crippen LogP contribution in [-0.4, -0.2) is 27.8 Å². The van der Waals surface area contributed by atoms with E-state index in [1.54, 1.807) is 24.3 Å². The molecule has 3 rings (SSSR count). The lowest BCUT2D eigenvalue weighted by Crippen LogP contribution is -2.36. The molecule has 2 aliphatic rings. The second-order valence-electron chi connectivity index (χ2n) is 5.71. The minimum atomic E-state index is -1.01. The molecule has 110 valence electrons. The highest BCUT2D eigenvalue weighted by molar-refractivity contribution is 6.06. The molecule has 3 unspecified atom stereocenters. The van der Waals surface area contributed by atoms with Crippen LogP contribution in [0, 0.1) is 11.8 Å². The number of imide groups is 1. The number of carbonyl (C=O) groups is 3. The quantitative estimate of drug-likeness (QED) is 0.859. The molecule has 1 aromatic rings. The Morgan fingerprint density at radius 3 is 2.24 bits per heavy atom. The highest BCUT2D eigenvalue weighted by atomic mass is 16.4. The van der Waals surface area contributed by atoms with Crippen LogP contribution in [-0.2, 0) is 14.4 Å². The van der Waals surface area contributed by atoms with Gasteiger partial charge in [0.05, 0.1) is 24.3 Å². The van der Waals surface area contributed by atoms with Crippen molar-refractivity contribution in [3.05, 3.63) is 35.9 Å². The molecule has 5 nitrogen and oxygen atoms in total. The summed E-state index contributed by atoms with van der Waals surface area (Å²) in [4.78, 5) is 37.4. The van der Waals surface area contributed by atoms with Crippen LogP contribution in [0.3, 0.4) is 0 Å². The van der Waals surface area contributed by atoms with Gasteiger partial charge in [-0.1, -0.05) is 36.8 Å². The fraction of sp³-hybridized carbons (Fsp3) is 0.438. The molecule has 1 heterocycles. The van der Waals surface area contributed by atoms with Crippen molar-refractivity contribution in [3.63, 3.8) is 0 Å². The van der Waals surface area contributed by atoms with Crippen molar-refractivity contribution >= 4 is 17.8 Å². The minimum absolute atomic E-state index is 0.197. The number of nitrogens with zero attached hydrogens (tertiary/aromatic N) is 1. The van der Waals surface area contributed by atoms with Crippen LogP contribution in [0.5, 0.6) is 0 Å². The number of carboxylic acids is 1. The van der Waals surface area contributed by atoms with Crippen molar-refractivity contribution in [1.82, 2.24) is 4.90 Å². The van der Waals surface area contributed by atoms with Gasteiger partial charge in [0, 0.05) is 0 Å². The van der Waals surface area contributed by atoms with E-state index in [2.05, 4.69) is 0 Å².